The first-order valence-corrected chi connectivity index (χ1v) is 4.76. The molecule has 1 aromatic rings. The van der Waals surface area contributed by atoms with Crippen LogP contribution in [0.25, 0.3) is 0 Å². The van der Waals surface area contributed by atoms with E-state index >= 15 is 0 Å². The topological polar surface area (TPSA) is 96.3 Å². The van der Waals surface area contributed by atoms with Crippen molar-refractivity contribution >= 4 is 18.1 Å². The number of rotatable bonds is 4. The summed E-state index contributed by atoms with van der Waals surface area (Å²) in [7, 11) is 0. The van der Waals surface area contributed by atoms with Crippen molar-refractivity contribution in [2.45, 2.75) is 6.92 Å². The predicted octanol–water partition coefficient (Wildman–Crippen LogP) is -0.225. The van der Waals surface area contributed by atoms with Gasteiger partial charge in [0.25, 0.3) is 5.91 Å². The number of nitrogens with two attached hydrogens (primary N) is 1. The maximum absolute atomic E-state index is 11.8. The van der Waals surface area contributed by atoms with E-state index in [0.29, 0.717) is 11.8 Å². The Labute approximate surface area is 92.4 Å². The summed E-state index contributed by atoms with van der Waals surface area (Å²) in [5, 5.41) is 0. The molecule has 0 aliphatic carbocycles. The third-order valence-electron chi connectivity index (χ3n) is 2.05. The molecule has 0 aliphatic heterocycles. The molecule has 16 heavy (non-hydrogen) atoms. The lowest BCUT2D eigenvalue weighted by Gasteiger charge is -2.16. The molecule has 3 N–H and O–H groups in total. The van der Waals surface area contributed by atoms with Crippen LogP contribution in [0.3, 0.4) is 0 Å². The van der Waals surface area contributed by atoms with Gasteiger partial charge in [-0.1, -0.05) is 0 Å². The van der Waals surface area contributed by atoms with E-state index in [9.17, 15) is 14.4 Å². The van der Waals surface area contributed by atoms with E-state index < -0.39 is 5.91 Å². The molecular weight excluding hydrogens is 210 g/mol. The van der Waals surface area contributed by atoms with Gasteiger partial charge in [0.1, 0.15) is 5.69 Å². The Morgan fingerprint density at radius 2 is 2.25 bits per heavy atom. The average molecular weight is 223 g/mol. The summed E-state index contributed by atoms with van der Waals surface area (Å²) in [4.78, 5) is 37.1. The number of hydrogen-bond donors (Lipinski definition) is 2. The molecule has 0 saturated heterocycles. The number of aromatic amines is 1. The first-order valence-electron chi connectivity index (χ1n) is 4.76. The maximum atomic E-state index is 11.8. The number of aromatic nitrogens is 1. The average Bonchev–Trinajstić information content (AvgIpc) is 2.73. The van der Waals surface area contributed by atoms with Crippen molar-refractivity contribution in [1.82, 2.24) is 9.88 Å². The predicted molar refractivity (Wildman–Crippen MR) is 57.0 cm³/mol. The Bertz CT molecular complexity index is 411. The number of aldehydes is 1. The maximum Gasteiger partial charge on any atom is 0.276 e. The van der Waals surface area contributed by atoms with Gasteiger partial charge in [0.15, 0.2) is 6.29 Å². The molecular formula is C10H13N3O3. The van der Waals surface area contributed by atoms with Crippen molar-refractivity contribution in [3.63, 3.8) is 0 Å². The number of nitrogens with zero attached hydrogens (tertiary/aromatic N) is 1. The fraction of sp³-hybridized carbons (Fsp3) is 0.300. The van der Waals surface area contributed by atoms with Crippen LogP contribution in [0.5, 0.6) is 0 Å². The van der Waals surface area contributed by atoms with E-state index in [-0.39, 0.29) is 24.7 Å². The van der Waals surface area contributed by atoms with Gasteiger partial charge in [-0.3, -0.25) is 19.3 Å². The van der Waals surface area contributed by atoms with Gasteiger partial charge in [0.2, 0.25) is 5.91 Å². The molecule has 0 spiro atoms. The standard InChI is InChI=1S/C10H13N3O3/c1-7(15)13(3-2-11)10(16)9-4-8(6-14)5-12-9/h4-6,12H,2-3,11H2,1H3. The summed E-state index contributed by atoms with van der Waals surface area (Å²) in [5.74, 6) is -0.858. The minimum Gasteiger partial charge on any atom is -0.356 e. The van der Waals surface area contributed by atoms with Crippen LogP contribution in [-0.2, 0) is 4.79 Å². The number of hydrogen-bond acceptors (Lipinski definition) is 4. The monoisotopic (exact) mass is 223 g/mol. The molecule has 0 aliphatic rings. The Morgan fingerprint density at radius 1 is 1.56 bits per heavy atom. The number of imide groups is 1. The van der Waals surface area contributed by atoms with Crippen molar-refractivity contribution in [2.75, 3.05) is 13.1 Å². The third-order valence-corrected chi connectivity index (χ3v) is 2.05. The smallest absolute Gasteiger partial charge is 0.276 e. The van der Waals surface area contributed by atoms with Gasteiger partial charge in [-0.15, -0.1) is 0 Å². The van der Waals surface area contributed by atoms with Gasteiger partial charge in [-0.25, -0.2) is 0 Å². The van der Waals surface area contributed by atoms with E-state index in [1.807, 2.05) is 0 Å². The molecule has 86 valence electrons. The molecule has 1 aromatic heterocycles. The quantitative estimate of drug-likeness (QED) is 0.689. The highest BCUT2D eigenvalue weighted by Gasteiger charge is 2.20. The minimum atomic E-state index is -0.481. The molecule has 6 heteroatoms. The van der Waals surface area contributed by atoms with E-state index in [1.165, 1.54) is 19.2 Å². The van der Waals surface area contributed by atoms with Gasteiger partial charge >= 0.3 is 0 Å². The Hall–Kier alpha value is -1.95. The zero-order chi connectivity index (χ0) is 12.1. The first-order chi connectivity index (χ1) is 7.60. The number of amides is 2. The lowest BCUT2D eigenvalue weighted by molar-refractivity contribution is -0.126. The molecule has 0 saturated carbocycles. The van der Waals surface area contributed by atoms with Crippen molar-refractivity contribution in [2.24, 2.45) is 5.73 Å². The second-order valence-corrected chi connectivity index (χ2v) is 3.23. The molecule has 0 unspecified atom stereocenters. The summed E-state index contributed by atoms with van der Waals surface area (Å²) in [6, 6.07) is 1.39. The number of H-pyrrole nitrogens is 1. The van der Waals surface area contributed by atoms with E-state index in [2.05, 4.69) is 4.98 Å². The van der Waals surface area contributed by atoms with Crippen molar-refractivity contribution < 1.29 is 14.4 Å². The van der Waals surface area contributed by atoms with Gasteiger partial charge in [0, 0.05) is 31.8 Å². The normalized spacial score (nSPS) is 9.88. The van der Waals surface area contributed by atoms with Crippen LogP contribution in [0.2, 0.25) is 0 Å². The fourth-order valence-electron chi connectivity index (χ4n) is 1.28. The number of nitrogens with one attached hydrogen (secondary N) is 1. The van der Waals surface area contributed by atoms with E-state index in [4.69, 9.17) is 5.73 Å². The highest BCUT2D eigenvalue weighted by molar-refractivity contribution is 6.03. The summed E-state index contributed by atoms with van der Waals surface area (Å²) in [6.07, 6.45) is 2.02. The molecule has 2 amide bonds. The van der Waals surface area contributed by atoms with Crippen molar-refractivity contribution in [3.8, 4) is 0 Å². The van der Waals surface area contributed by atoms with Crippen LogP contribution < -0.4 is 5.73 Å². The molecule has 0 bridgehead atoms. The minimum absolute atomic E-state index is 0.156. The Morgan fingerprint density at radius 3 is 2.69 bits per heavy atom. The van der Waals surface area contributed by atoms with Crippen LogP contribution in [0.1, 0.15) is 27.8 Å². The highest BCUT2D eigenvalue weighted by Crippen LogP contribution is 2.05. The van der Waals surface area contributed by atoms with Crippen molar-refractivity contribution in [1.29, 1.82) is 0 Å². The van der Waals surface area contributed by atoms with Crippen LogP contribution in [0.4, 0.5) is 0 Å². The van der Waals surface area contributed by atoms with Gasteiger partial charge in [-0.2, -0.15) is 0 Å². The number of carbonyl (C=O) groups excluding carboxylic acids is 3. The van der Waals surface area contributed by atoms with Crippen LogP contribution in [0, 0.1) is 0 Å². The molecule has 0 aromatic carbocycles. The summed E-state index contributed by atoms with van der Waals surface area (Å²) < 4.78 is 0. The molecule has 1 rings (SSSR count). The fourth-order valence-corrected chi connectivity index (χ4v) is 1.28. The lowest BCUT2D eigenvalue weighted by Crippen LogP contribution is -2.39. The van der Waals surface area contributed by atoms with Gasteiger partial charge in [0.05, 0.1) is 0 Å². The van der Waals surface area contributed by atoms with Crippen LogP contribution >= 0.6 is 0 Å². The second kappa shape index (κ2) is 5.22. The molecule has 6 nitrogen and oxygen atoms in total. The number of carbonyl (C=O) groups is 3. The molecule has 0 radical (unpaired) electrons. The largest absolute Gasteiger partial charge is 0.356 e. The lowest BCUT2D eigenvalue weighted by atomic mass is 10.3. The summed E-state index contributed by atoms with van der Waals surface area (Å²) >= 11 is 0. The van der Waals surface area contributed by atoms with E-state index in [1.54, 1.807) is 0 Å². The zero-order valence-corrected chi connectivity index (χ0v) is 8.90. The summed E-state index contributed by atoms with van der Waals surface area (Å²) in [6.45, 7) is 1.65. The second-order valence-electron chi connectivity index (χ2n) is 3.23. The SMILES string of the molecule is CC(=O)N(CCN)C(=O)c1cc(C=O)c[nH]1. The zero-order valence-electron chi connectivity index (χ0n) is 8.90. The van der Waals surface area contributed by atoms with Crippen LogP contribution in [0.15, 0.2) is 12.3 Å². The first kappa shape index (κ1) is 12.1. The summed E-state index contributed by atoms with van der Waals surface area (Å²) in [5.41, 5.74) is 5.86. The Balaban J connectivity index is 2.89. The van der Waals surface area contributed by atoms with Crippen LogP contribution in [-0.4, -0.2) is 41.1 Å². The van der Waals surface area contributed by atoms with E-state index in [0.717, 1.165) is 4.90 Å². The van der Waals surface area contributed by atoms with Crippen molar-refractivity contribution in [3.05, 3.63) is 23.5 Å². The highest BCUT2D eigenvalue weighted by atomic mass is 16.2. The third kappa shape index (κ3) is 2.54. The molecule has 0 fully saturated rings. The molecule has 0 atom stereocenters. The van der Waals surface area contributed by atoms with Gasteiger partial charge < -0.3 is 10.7 Å². The molecule has 1 heterocycles. The Kier molecular flexibility index (Phi) is 3.96. The van der Waals surface area contributed by atoms with Gasteiger partial charge in [-0.05, 0) is 6.07 Å².